The number of carbonyl (C=O) groups excluding carboxylic acids is 2. The molecule has 0 saturated carbocycles. The molecule has 0 unspecified atom stereocenters. The zero-order valence-corrected chi connectivity index (χ0v) is 20.8. The van der Waals surface area contributed by atoms with Crippen molar-refractivity contribution in [1.82, 2.24) is 15.1 Å². The summed E-state index contributed by atoms with van der Waals surface area (Å²) in [6.45, 7) is 10.3. The summed E-state index contributed by atoms with van der Waals surface area (Å²) in [6, 6.07) is 23.2. The van der Waals surface area contributed by atoms with E-state index in [-0.39, 0.29) is 29.7 Å². The molecular formula is C29H31N3O3. The van der Waals surface area contributed by atoms with Gasteiger partial charge in [0.2, 0.25) is 0 Å². The fourth-order valence-corrected chi connectivity index (χ4v) is 3.69. The van der Waals surface area contributed by atoms with Gasteiger partial charge in [0.15, 0.2) is 5.69 Å². The molecule has 0 radical (unpaired) electrons. The predicted molar refractivity (Wildman–Crippen MR) is 139 cm³/mol. The highest BCUT2D eigenvalue weighted by Crippen LogP contribution is 2.28. The molecule has 4 rings (SSSR count). The van der Waals surface area contributed by atoms with Gasteiger partial charge in [0.1, 0.15) is 0 Å². The lowest BCUT2D eigenvalue weighted by Crippen LogP contribution is -2.41. The molecule has 180 valence electrons. The molecule has 1 atom stereocenters. The van der Waals surface area contributed by atoms with Crippen LogP contribution in [0.3, 0.4) is 0 Å². The van der Waals surface area contributed by atoms with Gasteiger partial charge < -0.3 is 10.1 Å². The summed E-state index contributed by atoms with van der Waals surface area (Å²) < 4.78 is 6.90. The Morgan fingerprint density at radius 1 is 0.971 bits per heavy atom. The van der Waals surface area contributed by atoms with E-state index in [9.17, 15) is 9.59 Å². The molecule has 0 aliphatic heterocycles. The molecule has 3 aromatic carbocycles. The minimum atomic E-state index is -0.472. The van der Waals surface area contributed by atoms with Gasteiger partial charge in [0.05, 0.1) is 18.0 Å². The topological polar surface area (TPSA) is 73.2 Å². The van der Waals surface area contributed by atoms with E-state index in [0.29, 0.717) is 5.56 Å². The van der Waals surface area contributed by atoms with Gasteiger partial charge in [-0.15, -0.1) is 0 Å². The number of fused-ring (bicyclic) bond motifs is 1. The summed E-state index contributed by atoms with van der Waals surface area (Å²) in [6.07, 6.45) is 0. The van der Waals surface area contributed by atoms with Gasteiger partial charge in [-0.25, -0.2) is 9.48 Å². The predicted octanol–water partition coefficient (Wildman–Crippen LogP) is 6.03. The number of hydrogen-bond acceptors (Lipinski definition) is 4. The lowest BCUT2D eigenvalue weighted by Gasteiger charge is -2.28. The first-order chi connectivity index (χ1) is 16.7. The molecule has 1 heterocycles. The van der Waals surface area contributed by atoms with Crippen molar-refractivity contribution < 1.29 is 14.3 Å². The Bertz CT molecular complexity index is 1360. The molecule has 0 aliphatic rings. The van der Waals surface area contributed by atoms with Crippen LogP contribution in [0.2, 0.25) is 0 Å². The van der Waals surface area contributed by atoms with E-state index in [4.69, 9.17) is 4.74 Å². The molecule has 0 bridgehead atoms. The smallest absolute Gasteiger partial charge is 0.358 e. The number of ether oxygens (including phenoxy) is 1. The highest BCUT2D eigenvalue weighted by molar-refractivity contribution is 5.95. The monoisotopic (exact) mass is 469 g/mol. The summed E-state index contributed by atoms with van der Waals surface area (Å²) in [5.74, 6) is -0.595. The fourth-order valence-electron chi connectivity index (χ4n) is 3.69. The normalized spacial score (nSPS) is 12.4. The number of carbonyl (C=O) groups is 2. The number of benzene rings is 3. The van der Waals surface area contributed by atoms with Crippen molar-refractivity contribution >= 4 is 22.6 Å². The Morgan fingerprint density at radius 2 is 1.66 bits per heavy atom. The number of nitrogens with zero attached hydrogens (tertiary/aromatic N) is 2. The van der Waals surface area contributed by atoms with Crippen LogP contribution in [-0.4, -0.2) is 34.3 Å². The van der Waals surface area contributed by atoms with Crippen molar-refractivity contribution in [3.05, 3.63) is 84.1 Å². The third kappa shape index (κ3) is 5.27. The van der Waals surface area contributed by atoms with E-state index < -0.39 is 5.97 Å². The molecule has 1 N–H and O–H groups in total. The van der Waals surface area contributed by atoms with Crippen molar-refractivity contribution in [1.29, 1.82) is 0 Å². The molecule has 6 heteroatoms. The Balaban J connectivity index is 1.71. The van der Waals surface area contributed by atoms with Crippen LogP contribution in [0.1, 0.15) is 55.5 Å². The second kappa shape index (κ2) is 9.74. The van der Waals surface area contributed by atoms with Crippen molar-refractivity contribution in [3.63, 3.8) is 0 Å². The lowest BCUT2D eigenvalue weighted by atomic mass is 9.88. The highest BCUT2D eigenvalue weighted by atomic mass is 16.5. The van der Waals surface area contributed by atoms with Gasteiger partial charge in [0, 0.05) is 17.2 Å². The Kier molecular flexibility index (Phi) is 6.74. The van der Waals surface area contributed by atoms with Gasteiger partial charge in [-0.3, -0.25) is 4.79 Å². The maximum absolute atomic E-state index is 12.7. The minimum absolute atomic E-state index is 0.0208. The first-order valence-corrected chi connectivity index (χ1v) is 11.8. The number of amides is 1. The largest absolute Gasteiger partial charge is 0.461 e. The molecule has 0 aliphatic carbocycles. The quantitative estimate of drug-likeness (QED) is 0.350. The summed E-state index contributed by atoms with van der Waals surface area (Å²) in [4.78, 5) is 25.2. The van der Waals surface area contributed by atoms with E-state index in [1.807, 2.05) is 37.3 Å². The Labute approximate surface area is 205 Å². The van der Waals surface area contributed by atoms with Crippen LogP contribution in [0.15, 0.2) is 72.8 Å². The summed E-state index contributed by atoms with van der Waals surface area (Å²) in [5.41, 5.74) is 3.18. The summed E-state index contributed by atoms with van der Waals surface area (Å²) >= 11 is 0. The number of hydrogen-bond donors (Lipinski definition) is 1. The number of esters is 1. The van der Waals surface area contributed by atoms with E-state index in [0.717, 1.165) is 27.7 Å². The van der Waals surface area contributed by atoms with Gasteiger partial charge in [-0.2, -0.15) is 5.10 Å². The Morgan fingerprint density at radius 3 is 2.31 bits per heavy atom. The molecule has 0 fully saturated rings. The second-order valence-electron chi connectivity index (χ2n) is 9.72. The van der Waals surface area contributed by atoms with Crippen molar-refractivity contribution in [2.75, 3.05) is 6.61 Å². The van der Waals surface area contributed by atoms with Crippen molar-refractivity contribution in [2.24, 2.45) is 5.41 Å². The zero-order valence-electron chi connectivity index (χ0n) is 20.8. The first-order valence-electron chi connectivity index (χ1n) is 11.8. The van der Waals surface area contributed by atoms with E-state index in [1.54, 1.807) is 29.8 Å². The summed E-state index contributed by atoms with van der Waals surface area (Å²) in [5, 5.41) is 9.84. The van der Waals surface area contributed by atoms with E-state index >= 15 is 0 Å². The van der Waals surface area contributed by atoms with E-state index in [1.165, 1.54) is 0 Å². The van der Waals surface area contributed by atoms with E-state index in [2.05, 4.69) is 55.5 Å². The van der Waals surface area contributed by atoms with Crippen molar-refractivity contribution in [3.8, 4) is 16.9 Å². The SMILES string of the molecule is CCOC(=O)c1cc(-c2ccc3ccccc3c2)n(-c2ccc(C(=O)N[C@H](C)C(C)(C)C)cc2)n1. The maximum Gasteiger partial charge on any atom is 0.358 e. The molecule has 6 nitrogen and oxygen atoms in total. The van der Waals surface area contributed by atoms with Gasteiger partial charge in [-0.1, -0.05) is 57.2 Å². The lowest BCUT2D eigenvalue weighted by molar-refractivity contribution is 0.0518. The average molecular weight is 470 g/mol. The van der Waals surface area contributed by atoms with Crippen LogP contribution in [0, 0.1) is 5.41 Å². The molecule has 0 saturated heterocycles. The van der Waals surface area contributed by atoms with Gasteiger partial charge >= 0.3 is 5.97 Å². The van der Waals surface area contributed by atoms with Crippen LogP contribution < -0.4 is 5.32 Å². The van der Waals surface area contributed by atoms with Gasteiger partial charge in [-0.05, 0) is 66.4 Å². The van der Waals surface area contributed by atoms with Crippen molar-refractivity contribution in [2.45, 2.75) is 40.7 Å². The molecule has 35 heavy (non-hydrogen) atoms. The fraction of sp³-hybridized carbons (Fsp3) is 0.276. The molecule has 1 aromatic heterocycles. The number of nitrogens with one attached hydrogen (secondary N) is 1. The zero-order chi connectivity index (χ0) is 25.2. The standard InChI is InChI=1S/C29H31N3O3/c1-6-35-28(34)25-18-26(23-12-11-20-9-7-8-10-22(20)17-23)32(31-25)24-15-13-21(14-16-24)27(33)30-19(2)29(3,4)5/h7-19H,6H2,1-5H3,(H,30,33)/t19-/m1/s1. The van der Waals surface area contributed by atoms with Crippen LogP contribution in [0.25, 0.3) is 27.7 Å². The average Bonchev–Trinajstić information content (AvgIpc) is 3.29. The number of rotatable bonds is 6. The van der Waals surface area contributed by atoms with Crippen LogP contribution >= 0.6 is 0 Å². The molecule has 0 spiro atoms. The maximum atomic E-state index is 12.7. The highest BCUT2D eigenvalue weighted by Gasteiger charge is 2.22. The van der Waals surface area contributed by atoms with Gasteiger partial charge in [0.25, 0.3) is 5.91 Å². The van der Waals surface area contributed by atoms with Crippen LogP contribution in [-0.2, 0) is 4.74 Å². The summed E-state index contributed by atoms with van der Waals surface area (Å²) in [7, 11) is 0. The Hall–Kier alpha value is -3.93. The minimum Gasteiger partial charge on any atom is -0.461 e. The molecule has 1 amide bonds. The van der Waals surface area contributed by atoms with Crippen LogP contribution in [0.5, 0.6) is 0 Å². The molecular weight excluding hydrogens is 438 g/mol. The number of aromatic nitrogens is 2. The third-order valence-electron chi connectivity index (χ3n) is 6.26. The van der Waals surface area contributed by atoms with Crippen LogP contribution in [0.4, 0.5) is 0 Å². The first kappa shape index (κ1) is 24.2. The second-order valence-corrected chi connectivity index (χ2v) is 9.72. The third-order valence-corrected chi connectivity index (χ3v) is 6.26. The molecule has 4 aromatic rings.